The van der Waals surface area contributed by atoms with Crippen LogP contribution in [0.3, 0.4) is 0 Å². The van der Waals surface area contributed by atoms with Crippen LogP contribution >= 0.6 is 0 Å². The van der Waals surface area contributed by atoms with Crippen LogP contribution < -0.4 is 5.63 Å². The van der Waals surface area contributed by atoms with Crippen LogP contribution in [0.1, 0.15) is 57.6 Å². The Hall–Kier alpha value is -5.47. The molecule has 6 aromatic carbocycles. The first kappa shape index (κ1) is 29.7. The molecule has 1 heterocycles. The van der Waals surface area contributed by atoms with Gasteiger partial charge in [0.1, 0.15) is 5.58 Å². The topological polar surface area (TPSA) is 30.2 Å². The first-order chi connectivity index (χ1) is 23.9. The highest BCUT2D eigenvalue weighted by Crippen LogP contribution is 2.58. The van der Waals surface area contributed by atoms with Gasteiger partial charge in [-0.15, -0.1) is 0 Å². The third kappa shape index (κ3) is 4.65. The van der Waals surface area contributed by atoms with Crippen molar-refractivity contribution in [3.05, 3.63) is 148 Å². The molecule has 0 fully saturated rings. The number of hydrogen-bond donors (Lipinski definition) is 0. The Labute approximate surface area is 287 Å². The number of allylic oxidation sites excluding steroid dienone is 4. The smallest absolute Gasteiger partial charge is 0.336 e. The van der Waals surface area contributed by atoms with Crippen LogP contribution in [0.15, 0.2) is 136 Å². The highest BCUT2D eigenvalue weighted by atomic mass is 16.4. The molecule has 0 unspecified atom stereocenters. The Balaban J connectivity index is 1.37. The Morgan fingerprint density at radius 3 is 1.98 bits per heavy atom. The first-order valence-electron chi connectivity index (χ1n) is 17.6. The van der Waals surface area contributed by atoms with E-state index in [1.807, 2.05) is 12.1 Å². The zero-order chi connectivity index (χ0) is 33.4. The minimum absolute atomic E-state index is 0.329. The fourth-order valence-electron chi connectivity index (χ4n) is 8.30. The van der Waals surface area contributed by atoms with Crippen molar-refractivity contribution in [1.29, 1.82) is 0 Å². The normalized spacial score (nSPS) is 13.8. The van der Waals surface area contributed by atoms with Gasteiger partial charge < -0.3 is 4.42 Å². The van der Waals surface area contributed by atoms with Gasteiger partial charge in [-0.05, 0) is 126 Å². The number of hydrogen-bond acceptors (Lipinski definition) is 2. The molecule has 0 saturated heterocycles. The van der Waals surface area contributed by atoms with Crippen molar-refractivity contribution in [2.24, 2.45) is 5.92 Å². The van der Waals surface area contributed by atoms with Gasteiger partial charge in [-0.2, -0.15) is 0 Å². The lowest BCUT2D eigenvalue weighted by atomic mass is 9.79. The molecule has 238 valence electrons. The molecule has 49 heavy (non-hydrogen) atoms. The summed E-state index contributed by atoms with van der Waals surface area (Å²) in [6.07, 6.45) is 6.91. The Morgan fingerprint density at radius 2 is 1.24 bits per heavy atom. The van der Waals surface area contributed by atoms with E-state index in [9.17, 15) is 4.79 Å². The second kappa shape index (κ2) is 11.3. The average molecular weight is 635 g/mol. The fourth-order valence-corrected chi connectivity index (χ4v) is 8.30. The molecule has 2 heteroatoms. The van der Waals surface area contributed by atoms with Crippen molar-refractivity contribution in [1.82, 2.24) is 0 Å². The van der Waals surface area contributed by atoms with Crippen molar-refractivity contribution in [3.8, 4) is 44.5 Å². The summed E-state index contributed by atoms with van der Waals surface area (Å²) in [6.45, 7) is 9.12. The molecule has 0 aliphatic heterocycles. The van der Waals surface area contributed by atoms with Gasteiger partial charge in [0.25, 0.3) is 0 Å². The van der Waals surface area contributed by atoms with Crippen LogP contribution in [-0.4, -0.2) is 0 Å². The molecule has 0 N–H and O–H groups in total. The largest absolute Gasteiger partial charge is 0.423 e. The Bertz CT molecular complexity index is 2610. The van der Waals surface area contributed by atoms with Gasteiger partial charge in [-0.3, -0.25) is 0 Å². The summed E-state index contributed by atoms with van der Waals surface area (Å²) in [6, 6.07) is 39.3. The number of rotatable bonds is 5. The summed E-state index contributed by atoms with van der Waals surface area (Å²) in [4.78, 5) is 11.9. The van der Waals surface area contributed by atoms with Gasteiger partial charge in [-0.25, -0.2) is 4.79 Å². The van der Waals surface area contributed by atoms with Gasteiger partial charge in [0.05, 0.1) is 0 Å². The van der Waals surface area contributed by atoms with Crippen molar-refractivity contribution in [3.63, 3.8) is 0 Å². The standard InChI is InChI=1S/C47H38O2/c1-27(2)29-12-16-31(17-13-29)43-37-8-5-6-9-38(37)44(32-18-14-30(15-19-32)28(3)4)47-40-23-22-35(36-10-7-11-39(45(36)40)46(43)47)33-20-24-41-34(26-33)21-25-42(48)49-41/h5-14,16-18,20-28H,15,19H2,1-4H3. The maximum Gasteiger partial charge on any atom is 0.336 e. The van der Waals surface area contributed by atoms with Gasteiger partial charge >= 0.3 is 5.63 Å². The summed E-state index contributed by atoms with van der Waals surface area (Å²) in [5, 5.41) is 6.08. The third-order valence-electron chi connectivity index (χ3n) is 10.8. The van der Waals surface area contributed by atoms with Crippen LogP contribution in [0.2, 0.25) is 0 Å². The molecule has 1 aromatic heterocycles. The Kier molecular flexibility index (Phi) is 6.84. The van der Waals surface area contributed by atoms with E-state index < -0.39 is 0 Å². The van der Waals surface area contributed by atoms with Crippen LogP contribution in [0.25, 0.3) is 82.6 Å². The van der Waals surface area contributed by atoms with E-state index in [2.05, 4.69) is 131 Å². The second-order valence-corrected chi connectivity index (χ2v) is 14.3. The highest BCUT2D eigenvalue weighted by Gasteiger charge is 2.32. The minimum Gasteiger partial charge on any atom is -0.423 e. The van der Waals surface area contributed by atoms with Gasteiger partial charge in [-0.1, -0.05) is 130 Å². The molecule has 0 saturated carbocycles. The van der Waals surface area contributed by atoms with Gasteiger partial charge in [0.15, 0.2) is 0 Å². The molecule has 0 amide bonds. The fraction of sp³-hybridized carbons (Fsp3) is 0.170. The zero-order valence-electron chi connectivity index (χ0n) is 28.4. The summed E-state index contributed by atoms with van der Waals surface area (Å²) in [5.74, 6) is 1.03. The van der Waals surface area contributed by atoms with Crippen molar-refractivity contribution >= 4 is 38.1 Å². The van der Waals surface area contributed by atoms with E-state index in [-0.39, 0.29) is 5.63 Å². The van der Waals surface area contributed by atoms with Crippen molar-refractivity contribution in [2.75, 3.05) is 0 Å². The van der Waals surface area contributed by atoms with E-state index in [0.717, 1.165) is 23.8 Å². The maximum atomic E-state index is 11.9. The van der Waals surface area contributed by atoms with Crippen LogP contribution in [0.4, 0.5) is 0 Å². The molecule has 0 atom stereocenters. The monoisotopic (exact) mass is 634 g/mol. The van der Waals surface area contributed by atoms with Crippen LogP contribution in [0.5, 0.6) is 0 Å². The summed E-state index contributed by atoms with van der Waals surface area (Å²) >= 11 is 0. The average Bonchev–Trinajstić information content (AvgIpc) is 3.45. The predicted molar refractivity (Wildman–Crippen MR) is 207 cm³/mol. The molecule has 0 bridgehead atoms. The molecule has 9 rings (SSSR count). The predicted octanol–water partition coefficient (Wildman–Crippen LogP) is 13.0. The van der Waals surface area contributed by atoms with E-state index >= 15 is 0 Å². The summed E-state index contributed by atoms with van der Waals surface area (Å²) in [5.41, 5.74) is 16.1. The Morgan fingerprint density at radius 1 is 0.551 bits per heavy atom. The molecule has 2 aliphatic rings. The van der Waals surface area contributed by atoms with E-state index in [4.69, 9.17) is 4.42 Å². The summed E-state index contributed by atoms with van der Waals surface area (Å²) in [7, 11) is 0. The molecule has 0 radical (unpaired) electrons. The third-order valence-corrected chi connectivity index (χ3v) is 10.8. The zero-order valence-corrected chi connectivity index (χ0v) is 28.4. The first-order valence-corrected chi connectivity index (χ1v) is 17.6. The van der Waals surface area contributed by atoms with Gasteiger partial charge in [0.2, 0.25) is 0 Å². The van der Waals surface area contributed by atoms with Crippen LogP contribution in [-0.2, 0) is 0 Å². The molecular formula is C47H38O2. The van der Waals surface area contributed by atoms with E-state index in [1.54, 1.807) is 0 Å². The summed E-state index contributed by atoms with van der Waals surface area (Å²) < 4.78 is 5.47. The quantitative estimate of drug-likeness (QED) is 0.176. The van der Waals surface area contributed by atoms with E-state index in [1.165, 1.54) is 88.8 Å². The number of fused-ring (bicyclic) bond motifs is 5. The van der Waals surface area contributed by atoms with Crippen molar-refractivity contribution < 1.29 is 4.42 Å². The number of benzene rings is 6. The maximum absolute atomic E-state index is 11.9. The second-order valence-electron chi connectivity index (χ2n) is 14.3. The van der Waals surface area contributed by atoms with Gasteiger partial charge in [0, 0.05) is 11.5 Å². The SMILES string of the molecule is CC(C)C1=CC=C(c2c3c(c(-c4ccc(C(C)C)cc4)c4ccccc24)-c2cccc4c(-c5ccc6oc(=O)ccc6c5)ccc-3c24)CC1. The minimum atomic E-state index is -0.329. The molecule has 2 nitrogen and oxygen atoms in total. The molecule has 0 spiro atoms. The molecule has 2 aliphatic carbocycles. The highest BCUT2D eigenvalue weighted by molar-refractivity contribution is 6.27. The lowest BCUT2D eigenvalue weighted by Crippen LogP contribution is -2.02. The lowest BCUT2D eigenvalue weighted by molar-refractivity contribution is 0.561. The molecule has 7 aromatic rings. The van der Waals surface area contributed by atoms with Crippen LogP contribution in [0, 0.1) is 5.92 Å². The van der Waals surface area contributed by atoms with Crippen molar-refractivity contribution in [2.45, 2.75) is 46.5 Å². The van der Waals surface area contributed by atoms with E-state index in [0.29, 0.717) is 17.4 Å². The lowest BCUT2D eigenvalue weighted by Gasteiger charge is -2.24. The molecular weight excluding hydrogens is 597 g/mol.